The normalized spacial score (nSPS) is 10.7. The highest BCUT2D eigenvalue weighted by atomic mass is 79.9. The van der Waals surface area contributed by atoms with Crippen LogP contribution in [0, 0.1) is 6.92 Å². The number of rotatable bonds is 1. The van der Waals surface area contributed by atoms with Crippen molar-refractivity contribution in [3.05, 3.63) is 22.3 Å². The Kier molecular flexibility index (Phi) is 1.95. The molecule has 0 aliphatic rings. The fourth-order valence-electron chi connectivity index (χ4n) is 1.15. The summed E-state index contributed by atoms with van der Waals surface area (Å²) < 4.78 is 2.84. The number of aryl methyl sites for hydroxylation is 1. The molecular weight excluding hydrogens is 232 g/mol. The Hall–Kier alpha value is -1.10. The number of pyridine rings is 1. The molecule has 0 aliphatic carbocycles. The van der Waals surface area contributed by atoms with Gasteiger partial charge in [-0.05, 0) is 35.0 Å². The van der Waals surface area contributed by atoms with Crippen LogP contribution in [0.4, 0.5) is 5.95 Å². The van der Waals surface area contributed by atoms with Crippen molar-refractivity contribution in [3.63, 3.8) is 0 Å². The van der Waals surface area contributed by atoms with Gasteiger partial charge in [-0.15, -0.1) is 5.10 Å². The molecule has 0 bridgehead atoms. The van der Waals surface area contributed by atoms with Gasteiger partial charge >= 0.3 is 0 Å². The summed E-state index contributed by atoms with van der Waals surface area (Å²) in [5, 5.41) is 7.16. The van der Waals surface area contributed by atoms with Crippen LogP contribution in [0.2, 0.25) is 0 Å². The molecule has 5 heteroatoms. The summed E-state index contributed by atoms with van der Waals surface area (Å²) in [6, 6.07) is 3.89. The van der Waals surface area contributed by atoms with E-state index in [0.29, 0.717) is 5.95 Å². The van der Waals surface area contributed by atoms with Crippen LogP contribution >= 0.6 is 15.9 Å². The summed E-state index contributed by atoms with van der Waals surface area (Å²) in [6.07, 6.45) is 0. The maximum absolute atomic E-state index is 4.26. The molecule has 0 fully saturated rings. The van der Waals surface area contributed by atoms with Gasteiger partial charge in [-0.2, -0.15) is 4.98 Å². The Morgan fingerprint density at radius 3 is 2.92 bits per heavy atom. The minimum absolute atomic E-state index is 0.640. The molecule has 2 aromatic rings. The van der Waals surface area contributed by atoms with Crippen molar-refractivity contribution in [2.45, 2.75) is 6.92 Å². The van der Waals surface area contributed by atoms with Gasteiger partial charge in [0.2, 0.25) is 5.95 Å². The lowest BCUT2D eigenvalue weighted by Crippen LogP contribution is -1.95. The molecule has 2 aromatic heterocycles. The van der Waals surface area contributed by atoms with E-state index >= 15 is 0 Å². The Morgan fingerprint density at radius 2 is 2.23 bits per heavy atom. The Morgan fingerprint density at radius 1 is 1.46 bits per heavy atom. The fourth-order valence-corrected chi connectivity index (χ4v) is 1.45. The SMILES string of the molecule is CNc1nc2ccc(Br)c(C)n2n1. The Bertz CT molecular complexity index is 449. The van der Waals surface area contributed by atoms with Crippen molar-refractivity contribution < 1.29 is 0 Å². The third-order valence-corrected chi connectivity index (χ3v) is 2.74. The minimum Gasteiger partial charge on any atom is -0.356 e. The number of hydrogen-bond donors (Lipinski definition) is 1. The van der Waals surface area contributed by atoms with E-state index in [0.717, 1.165) is 15.8 Å². The van der Waals surface area contributed by atoms with E-state index in [9.17, 15) is 0 Å². The largest absolute Gasteiger partial charge is 0.356 e. The number of anilines is 1. The van der Waals surface area contributed by atoms with Crippen LogP contribution < -0.4 is 5.32 Å². The third-order valence-electron chi connectivity index (χ3n) is 1.90. The molecule has 68 valence electrons. The maximum Gasteiger partial charge on any atom is 0.242 e. The van der Waals surface area contributed by atoms with Gasteiger partial charge in [0.15, 0.2) is 5.65 Å². The van der Waals surface area contributed by atoms with E-state index in [4.69, 9.17) is 0 Å². The van der Waals surface area contributed by atoms with Crippen LogP contribution in [0.3, 0.4) is 0 Å². The zero-order valence-corrected chi connectivity index (χ0v) is 8.96. The van der Waals surface area contributed by atoms with Crippen LogP contribution in [0.15, 0.2) is 16.6 Å². The Labute approximate surface area is 84.1 Å². The lowest BCUT2D eigenvalue weighted by atomic mass is 10.4. The van der Waals surface area contributed by atoms with Gasteiger partial charge < -0.3 is 5.32 Å². The van der Waals surface area contributed by atoms with Crippen LogP contribution in [-0.4, -0.2) is 21.6 Å². The highest BCUT2D eigenvalue weighted by molar-refractivity contribution is 9.10. The van der Waals surface area contributed by atoms with E-state index in [2.05, 4.69) is 31.3 Å². The van der Waals surface area contributed by atoms with Crippen molar-refractivity contribution in [1.29, 1.82) is 0 Å². The molecular formula is C8H9BrN4. The Balaban J connectivity index is 2.76. The first-order valence-electron chi connectivity index (χ1n) is 3.92. The molecule has 0 unspecified atom stereocenters. The zero-order valence-electron chi connectivity index (χ0n) is 7.37. The average molecular weight is 241 g/mol. The van der Waals surface area contributed by atoms with Crippen molar-refractivity contribution in [1.82, 2.24) is 14.6 Å². The maximum atomic E-state index is 4.26. The van der Waals surface area contributed by atoms with Crippen molar-refractivity contribution in [2.75, 3.05) is 12.4 Å². The number of fused-ring (bicyclic) bond motifs is 1. The predicted molar refractivity (Wildman–Crippen MR) is 55.0 cm³/mol. The van der Waals surface area contributed by atoms with Crippen LogP contribution in [0.1, 0.15) is 5.69 Å². The van der Waals surface area contributed by atoms with Gasteiger partial charge in [0, 0.05) is 11.5 Å². The van der Waals surface area contributed by atoms with E-state index in [1.54, 1.807) is 11.6 Å². The average Bonchev–Trinajstić information content (AvgIpc) is 2.55. The predicted octanol–water partition coefficient (Wildman–Crippen LogP) is 1.84. The highest BCUT2D eigenvalue weighted by Gasteiger charge is 2.05. The van der Waals surface area contributed by atoms with Gasteiger partial charge in [-0.1, -0.05) is 0 Å². The summed E-state index contributed by atoms with van der Waals surface area (Å²) in [6.45, 7) is 1.99. The van der Waals surface area contributed by atoms with E-state index in [1.807, 2.05) is 19.1 Å². The second kappa shape index (κ2) is 2.99. The minimum atomic E-state index is 0.640. The summed E-state index contributed by atoms with van der Waals surface area (Å²) in [5.74, 6) is 0.640. The number of nitrogens with zero attached hydrogens (tertiary/aromatic N) is 3. The number of aromatic nitrogens is 3. The van der Waals surface area contributed by atoms with Crippen LogP contribution in [0.5, 0.6) is 0 Å². The topological polar surface area (TPSA) is 42.2 Å². The lowest BCUT2D eigenvalue weighted by molar-refractivity contribution is 0.910. The lowest BCUT2D eigenvalue weighted by Gasteiger charge is -1.98. The number of hydrogen-bond acceptors (Lipinski definition) is 3. The molecule has 0 atom stereocenters. The molecule has 0 radical (unpaired) electrons. The quantitative estimate of drug-likeness (QED) is 0.828. The monoisotopic (exact) mass is 240 g/mol. The molecule has 13 heavy (non-hydrogen) atoms. The summed E-state index contributed by atoms with van der Waals surface area (Å²) in [4.78, 5) is 4.25. The summed E-state index contributed by atoms with van der Waals surface area (Å²) in [7, 11) is 1.80. The molecule has 0 aliphatic heterocycles. The second-order valence-corrected chi connectivity index (χ2v) is 3.58. The molecule has 2 rings (SSSR count). The number of halogens is 1. The van der Waals surface area contributed by atoms with Crippen molar-refractivity contribution in [3.8, 4) is 0 Å². The molecule has 4 nitrogen and oxygen atoms in total. The van der Waals surface area contributed by atoms with E-state index in [1.165, 1.54) is 0 Å². The zero-order chi connectivity index (χ0) is 9.42. The van der Waals surface area contributed by atoms with Crippen LogP contribution in [-0.2, 0) is 0 Å². The highest BCUT2D eigenvalue weighted by Crippen LogP contribution is 2.17. The van der Waals surface area contributed by atoms with Gasteiger partial charge in [0.25, 0.3) is 0 Å². The van der Waals surface area contributed by atoms with Crippen molar-refractivity contribution in [2.24, 2.45) is 0 Å². The molecule has 0 saturated heterocycles. The first-order chi connectivity index (χ1) is 6.22. The van der Waals surface area contributed by atoms with Crippen LogP contribution in [0.25, 0.3) is 5.65 Å². The first kappa shape index (κ1) is 8.50. The molecule has 0 aromatic carbocycles. The first-order valence-corrected chi connectivity index (χ1v) is 4.71. The van der Waals surface area contributed by atoms with Gasteiger partial charge in [0.1, 0.15) is 0 Å². The van der Waals surface area contributed by atoms with E-state index in [-0.39, 0.29) is 0 Å². The van der Waals surface area contributed by atoms with E-state index < -0.39 is 0 Å². The molecule has 1 N–H and O–H groups in total. The summed E-state index contributed by atoms with van der Waals surface area (Å²) in [5.41, 5.74) is 1.90. The standard InChI is InChI=1S/C8H9BrN4/c1-5-6(9)3-4-7-11-8(10-2)12-13(5)7/h3-4H,1-2H3,(H,10,12). The second-order valence-electron chi connectivity index (χ2n) is 2.72. The summed E-state index contributed by atoms with van der Waals surface area (Å²) >= 11 is 3.44. The molecule has 0 spiro atoms. The van der Waals surface area contributed by atoms with Gasteiger partial charge in [0.05, 0.1) is 5.69 Å². The third kappa shape index (κ3) is 1.29. The van der Waals surface area contributed by atoms with Gasteiger partial charge in [-0.3, -0.25) is 0 Å². The van der Waals surface area contributed by atoms with Gasteiger partial charge in [-0.25, -0.2) is 4.52 Å². The fraction of sp³-hybridized carbons (Fsp3) is 0.250. The molecule has 2 heterocycles. The molecule has 0 amide bonds. The smallest absolute Gasteiger partial charge is 0.242 e. The van der Waals surface area contributed by atoms with Crippen molar-refractivity contribution >= 4 is 27.5 Å². The molecule has 0 saturated carbocycles. The number of nitrogens with one attached hydrogen (secondary N) is 1.